The van der Waals surface area contributed by atoms with Crippen molar-refractivity contribution in [2.75, 3.05) is 0 Å². The van der Waals surface area contributed by atoms with Gasteiger partial charge in [-0.15, -0.1) is 0 Å². The zero-order valence-corrected chi connectivity index (χ0v) is 7.99. The van der Waals surface area contributed by atoms with E-state index in [0.29, 0.717) is 0 Å². The Bertz CT molecular complexity index is 386. The maximum atomic E-state index is 13.1. The molecule has 0 amide bonds. The van der Waals surface area contributed by atoms with Crippen molar-refractivity contribution in [1.29, 1.82) is 0 Å². The Labute approximate surface area is 87.7 Å². The predicted molar refractivity (Wildman–Crippen MR) is 46.4 cm³/mol. The number of rotatable bonds is 2. The molecular formula is C9H5ClF4O. The first-order valence-corrected chi connectivity index (χ1v) is 4.23. The zero-order valence-electron chi connectivity index (χ0n) is 7.24. The van der Waals surface area contributed by atoms with Gasteiger partial charge in [-0.1, -0.05) is 17.7 Å². The number of benzene rings is 1. The van der Waals surface area contributed by atoms with E-state index in [0.717, 1.165) is 12.1 Å². The molecule has 0 aromatic heterocycles. The fraction of sp³-hybridized carbons (Fsp3) is 0.222. The van der Waals surface area contributed by atoms with Gasteiger partial charge in [0.15, 0.2) is 11.6 Å². The molecule has 6 heteroatoms. The highest BCUT2D eigenvalue weighted by Crippen LogP contribution is 2.25. The molecule has 0 bridgehead atoms. The molecule has 0 saturated carbocycles. The van der Waals surface area contributed by atoms with Gasteiger partial charge in [0.05, 0.1) is 10.6 Å². The van der Waals surface area contributed by atoms with Crippen LogP contribution < -0.4 is 0 Å². The summed E-state index contributed by atoms with van der Waals surface area (Å²) in [7, 11) is 0. The fourth-order valence-corrected chi connectivity index (χ4v) is 1.17. The molecule has 15 heavy (non-hydrogen) atoms. The van der Waals surface area contributed by atoms with Crippen LogP contribution >= 0.6 is 11.6 Å². The van der Waals surface area contributed by atoms with Crippen molar-refractivity contribution < 1.29 is 22.4 Å². The van der Waals surface area contributed by atoms with Crippen LogP contribution in [-0.4, -0.2) is 12.0 Å². The van der Waals surface area contributed by atoms with Gasteiger partial charge in [0.2, 0.25) is 0 Å². The maximum Gasteiger partial charge on any atom is 0.396 e. The number of alkyl halides is 3. The van der Waals surface area contributed by atoms with E-state index in [2.05, 4.69) is 0 Å². The standard InChI is InChI=1S/C9H5ClF4O/c10-6-3-1-2-5(8(6)11)7(15)4-9(12,13)14/h1-3H,4H2. The molecule has 0 heterocycles. The fourth-order valence-electron chi connectivity index (χ4n) is 0.996. The number of hydrogen-bond donors (Lipinski definition) is 0. The van der Waals surface area contributed by atoms with E-state index in [-0.39, 0.29) is 5.02 Å². The third-order valence-electron chi connectivity index (χ3n) is 1.61. The molecule has 0 fully saturated rings. The van der Waals surface area contributed by atoms with Gasteiger partial charge in [0, 0.05) is 0 Å². The summed E-state index contributed by atoms with van der Waals surface area (Å²) in [5.41, 5.74) is -0.639. The summed E-state index contributed by atoms with van der Waals surface area (Å²) in [4.78, 5) is 11.0. The molecule has 0 unspecified atom stereocenters. The monoisotopic (exact) mass is 240 g/mol. The van der Waals surface area contributed by atoms with E-state index in [1.807, 2.05) is 0 Å². The van der Waals surface area contributed by atoms with Gasteiger partial charge in [-0.25, -0.2) is 4.39 Å². The summed E-state index contributed by atoms with van der Waals surface area (Å²) in [6, 6.07) is 3.34. The first-order chi connectivity index (χ1) is 6.81. The lowest BCUT2D eigenvalue weighted by Gasteiger charge is -2.06. The Balaban J connectivity index is 2.97. The minimum absolute atomic E-state index is 0.372. The van der Waals surface area contributed by atoms with Gasteiger partial charge in [-0.2, -0.15) is 13.2 Å². The van der Waals surface area contributed by atoms with Crippen LogP contribution in [0, 0.1) is 5.82 Å². The summed E-state index contributed by atoms with van der Waals surface area (Å²) in [5.74, 6) is -2.45. The van der Waals surface area contributed by atoms with Gasteiger partial charge in [0.25, 0.3) is 0 Å². The summed E-state index contributed by atoms with van der Waals surface area (Å²) in [6.07, 6.45) is -6.34. The van der Waals surface area contributed by atoms with E-state index >= 15 is 0 Å². The summed E-state index contributed by atoms with van der Waals surface area (Å²) < 4.78 is 48.7. The second-order valence-electron chi connectivity index (χ2n) is 2.82. The first-order valence-electron chi connectivity index (χ1n) is 3.85. The van der Waals surface area contributed by atoms with E-state index in [9.17, 15) is 22.4 Å². The molecule has 82 valence electrons. The lowest BCUT2D eigenvalue weighted by molar-refractivity contribution is -0.125. The van der Waals surface area contributed by atoms with Crippen LogP contribution in [0.5, 0.6) is 0 Å². The van der Waals surface area contributed by atoms with Gasteiger partial charge in [0.1, 0.15) is 6.42 Å². The molecule has 1 aromatic rings. The normalized spacial score (nSPS) is 11.5. The van der Waals surface area contributed by atoms with Crippen molar-refractivity contribution in [3.05, 3.63) is 34.6 Å². The lowest BCUT2D eigenvalue weighted by Crippen LogP contribution is -2.16. The third-order valence-corrected chi connectivity index (χ3v) is 1.90. The summed E-state index contributed by atoms with van der Waals surface area (Å²) in [6.45, 7) is 0. The number of halogens is 5. The highest BCUT2D eigenvalue weighted by molar-refractivity contribution is 6.31. The molecule has 0 N–H and O–H groups in total. The van der Waals surface area contributed by atoms with Crippen LogP contribution in [0.1, 0.15) is 16.8 Å². The Hall–Kier alpha value is -1.10. The maximum absolute atomic E-state index is 13.1. The second-order valence-corrected chi connectivity index (χ2v) is 3.22. The summed E-state index contributed by atoms with van der Waals surface area (Å²) in [5, 5.41) is -0.372. The summed E-state index contributed by atoms with van der Waals surface area (Å²) >= 11 is 5.32. The number of hydrogen-bond acceptors (Lipinski definition) is 1. The zero-order chi connectivity index (χ0) is 11.6. The molecular weight excluding hydrogens is 236 g/mol. The average molecular weight is 241 g/mol. The van der Waals surface area contributed by atoms with E-state index in [1.54, 1.807) is 0 Å². The Morgan fingerprint density at radius 2 is 1.93 bits per heavy atom. The second kappa shape index (κ2) is 4.18. The van der Waals surface area contributed by atoms with E-state index in [1.165, 1.54) is 6.07 Å². The van der Waals surface area contributed by atoms with Crippen molar-refractivity contribution in [3.8, 4) is 0 Å². The minimum Gasteiger partial charge on any atom is -0.294 e. The number of ketones is 1. The molecule has 0 aliphatic carbocycles. The quantitative estimate of drug-likeness (QED) is 0.570. The van der Waals surface area contributed by atoms with Crippen LogP contribution in [0.2, 0.25) is 5.02 Å². The largest absolute Gasteiger partial charge is 0.396 e. The molecule has 0 radical (unpaired) electrons. The van der Waals surface area contributed by atoms with Gasteiger partial charge in [-0.05, 0) is 12.1 Å². The molecule has 0 atom stereocenters. The van der Waals surface area contributed by atoms with Crippen molar-refractivity contribution >= 4 is 17.4 Å². The molecule has 1 nitrogen and oxygen atoms in total. The average Bonchev–Trinajstić information content (AvgIpc) is 2.06. The first kappa shape index (κ1) is 12.0. The molecule has 0 aliphatic rings. The van der Waals surface area contributed by atoms with Crippen molar-refractivity contribution in [1.82, 2.24) is 0 Å². The van der Waals surface area contributed by atoms with Crippen molar-refractivity contribution in [3.63, 3.8) is 0 Å². The third kappa shape index (κ3) is 3.20. The van der Waals surface area contributed by atoms with Crippen LogP contribution in [0.25, 0.3) is 0 Å². The van der Waals surface area contributed by atoms with Crippen LogP contribution in [0.15, 0.2) is 18.2 Å². The van der Waals surface area contributed by atoms with Crippen LogP contribution in [0.3, 0.4) is 0 Å². The molecule has 1 aromatic carbocycles. The minimum atomic E-state index is -4.65. The van der Waals surface area contributed by atoms with Crippen molar-refractivity contribution in [2.24, 2.45) is 0 Å². The number of carbonyl (C=O) groups excluding carboxylic acids is 1. The van der Waals surface area contributed by atoms with Gasteiger partial charge in [-0.3, -0.25) is 4.79 Å². The van der Waals surface area contributed by atoms with Crippen LogP contribution in [0.4, 0.5) is 17.6 Å². The van der Waals surface area contributed by atoms with Crippen molar-refractivity contribution in [2.45, 2.75) is 12.6 Å². The smallest absolute Gasteiger partial charge is 0.294 e. The SMILES string of the molecule is O=C(CC(F)(F)F)c1cccc(Cl)c1F. The highest BCUT2D eigenvalue weighted by Gasteiger charge is 2.32. The molecule has 0 aliphatic heterocycles. The highest BCUT2D eigenvalue weighted by atomic mass is 35.5. The Kier molecular flexibility index (Phi) is 3.34. The Morgan fingerprint density at radius 3 is 2.47 bits per heavy atom. The van der Waals surface area contributed by atoms with E-state index < -0.39 is 29.8 Å². The Morgan fingerprint density at radius 1 is 1.33 bits per heavy atom. The molecule has 1 rings (SSSR count). The number of carbonyl (C=O) groups is 1. The number of Topliss-reactive ketones (excluding diaryl/α,β-unsaturated/α-hetero) is 1. The molecule has 0 saturated heterocycles. The predicted octanol–water partition coefficient (Wildman–Crippen LogP) is 3.61. The van der Waals surface area contributed by atoms with Gasteiger partial charge < -0.3 is 0 Å². The van der Waals surface area contributed by atoms with E-state index in [4.69, 9.17) is 11.6 Å². The van der Waals surface area contributed by atoms with Gasteiger partial charge >= 0.3 is 6.18 Å². The molecule has 0 spiro atoms. The van der Waals surface area contributed by atoms with Crippen LogP contribution in [-0.2, 0) is 0 Å². The topological polar surface area (TPSA) is 17.1 Å². The lowest BCUT2D eigenvalue weighted by atomic mass is 10.1.